The smallest absolute Gasteiger partial charge is 0.407 e. The summed E-state index contributed by atoms with van der Waals surface area (Å²) in [7, 11) is 0. The minimum absolute atomic E-state index is 0.0288. The Morgan fingerprint density at radius 3 is 2.73 bits per heavy atom. The van der Waals surface area contributed by atoms with Crippen molar-refractivity contribution < 1.29 is 18.3 Å². The van der Waals surface area contributed by atoms with Crippen molar-refractivity contribution in [2.45, 2.75) is 50.9 Å². The summed E-state index contributed by atoms with van der Waals surface area (Å²) in [5.74, 6) is 0.175. The number of alkyl halides is 1. The second kappa shape index (κ2) is 7.65. The highest BCUT2D eigenvalue weighted by molar-refractivity contribution is 6.29. The first-order valence-corrected chi connectivity index (χ1v) is 10.2. The number of carbonyl (C=O) groups excluding carboxylic acids is 1. The maximum absolute atomic E-state index is 14.6. The summed E-state index contributed by atoms with van der Waals surface area (Å²) in [6.45, 7) is 4.90. The molecule has 1 aromatic carbocycles. The van der Waals surface area contributed by atoms with Crippen LogP contribution in [0.25, 0.3) is 0 Å². The van der Waals surface area contributed by atoms with Crippen LogP contribution >= 0.6 is 11.6 Å². The normalized spacial score (nSPS) is 24.2. The van der Waals surface area contributed by atoms with Crippen molar-refractivity contribution in [1.82, 2.24) is 15.3 Å². The number of hydrogen-bond donors (Lipinski definition) is 2. The molecule has 2 N–H and O–H groups in total. The standard InChI is InChI=1S/C21H23ClF2N4O2/c1-10(12-5-4-11(6-15(12)23)21(2,3)24)25-19-26-16(8-18(22)28-19)13-7-14(13)17-9-30-20(29)27-17/h4-6,8,10,13-14,17H,7,9H2,1-3H3,(H,27,29)(H,25,26,28)/t10-,13?,14?,17?/m0/s1. The van der Waals surface area contributed by atoms with E-state index in [1.165, 1.54) is 19.9 Å². The van der Waals surface area contributed by atoms with E-state index in [4.69, 9.17) is 16.3 Å². The average molecular weight is 437 g/mol. The van der Waals surface area contributed by atoms with Crippen LogP contribution in [0, 0.1) is 11.7 Å². The van der Waals surface area contributed by atoms with Gasteiger partial charge in [0.05, 0.1) is 17.8 Å². The lowest BCUT2D eigenvalue weighted by Crippen LogP contribution is -2.28. The SMILES string of the molecule is C[C@H](Nc1nc(Cl)cc(C2CC2C2COC(=O)N2)n1)c1ccc(C(C)(C)F)cc1F. The summed E-state index contributed by atoms with van der Waals surface area (Å²) in [5, 5.41) is 6.16. The number of aromatic nitrogens is 2. The van der Waals surface area contributed by atoms with Crippen LogP contribution in [0.15, 0.2) is 24.3 Å². The van der Waals surface area contributed by atoms with E-state index in [2.05, 4.69) is 20.6 Å². The maximum Gasteiger partial charge on any atom is 0.407 e. The Morgan fingerprint density at radius 2 is 2.10 bits per heavy atom. The molecule has 9 heteroatoms. The average Bonchev–Trinajstić information content (AvgIpc) is 3.34. The predicted octanol–water partition coefficient (Wildman–Crippen LogP) is 4.86. The van der Waals surface area contributed by atoms with Crippen LogP contribution in [0.4, 0.5) is 19.5 Å². The van der Waals surface area contributed by atoms with Crippen LogP contribution in [0.2, 0.25) is 5.15 Å². The third kappa shape index (κ3) is 4.33. The number of carbonyl (C=O) groups is 1. The molecule has 6 nitrogen and oxygen atoms in total. The molecule has 160 valence electrons. The lowest BCUT2D eigenvalue weighted by molar-refractivity contribution is 0.176. The summed E-state index contributed by atoms with van der Waals surface area (Å²) in [5.41, 5.74) is -0.194. The van der Waals surface area contributed by atoms with E-state index in [1.807, 2.05) is 0 Å². The van der Waals surface area contributed by atoms with Crippen molar-refractivity contribution in [2.24, 2.45) is 5.92 Å². The maximum atomic E-state index is 14.6. The highest BCUT2D eigenvalue weighted by Gasteiger charge is 2.48. The summed E-state index contributed by atoms with van der Waals surface area (Å²) in [4.78, 5) is 20.0. The van der Waals surface area contributed by atoms with E-state index in [1.54, 1.807) is 25.1 Å². The fourth-order valence-corrected chi connectivity index (χ4v) is 4.03. The van der Waals surface area contributed by atoms with Crippen molar-refractivity contribution in [3.05, 3.63) is 52.1 Å². The van der Waals surface area contributed by atoms with Crippen molar-refractivity contribution >= 4 is 23.6 Å². The van der Waals surface area contributed by atoms with Gasteiger partial charge in [-0.2, -0.15) is 0 Å². The molecule has 4 atom stereocenters. The zero-order chi connectivity index (χ0) is 21.6. The molecule has 30 heavy (non-hydrogen) atoms. The summed E-state index contributed by atoms with van der Waals surface area (Å²) in [6, 6.07) is 5.58. The van der Waals surface area contributed by atoms with Crippen molar-refractivity contribution in [2.75, 3.05) is 11.9 Å². The van der Waals surface area contributed by atoms with E-state index in [-0.39, 0.29) is 34.5 Å². The van der Waals surface area contributed by atoms with Gasteiger partial charge in [-0.25, -0.2) is 23.5 Å². The largest absolute Gasteiger partial charge is 0.447 e. The van der Waals surface area contributed by atoms with Crippen LogP contribution in [-0.4, -0.2) is 28.7 Å². The van der Waals surface area contributed by atoms with E-state index in [0.29, 0.717) is 12.2 Å². The van der Waals surface area contributed by atoms with Crippen molar-refractivity contribution in [1.29, 1.82) is 0 Å². The van der Waals surface area contributed by atoms with Crippen LogP contribution in [-0.2, 0) is 10.4 Å². The van der Waals surface area contributed by atoms with E-state index >= 15 is 0 Å². The summed E-state index contributed by atoms with van der Waals surface area (Å²) in [6.07, 6.45) is 0.470. The highest BCUT2D eigenvalue weighted by Crippen LogP contribution is 2.50. The second-order valence-corrected chi connectivity index (χ2v) is 8.76. The Hall–Kier alpha value is -2.48. The Kier molecular flexibility index (Phi) is 5.30. The van der Waals surface area contributed by atoms with Crippen molar-refractivity contribution in [3.8, 4) is 0 Å². The van der Waals surface area contributed by atoms with Gasteiger partial charge in [0.2, 0.25) is 5.95 Å². The number of anilines is 1. The Morgan fingerprint density at radius 1 is 1.33 bits per heavy atom. The minimum atomic E-state index is -1.62. The number of amides is 1. The lowest BCUT2D eigenvalue weighted by atomic mass is 9.97. The van der Waals surface area contributed by atoms with Gasteiger partial charge in [-0.3, -0.25) is 0 Å². The number of benzene rings is 1. The van der Waals surface area contributed by atoms with Crippen LogP contribution in [0.1, 0.15) is 56.0 Å². The third-order valence-corrected chi connectivity index (χ3v) is 5.84. The molecule has 0 bridgehead atoms. The number of alkyl carbamates (subject to hydrolysis) is 1. The monoisotopic (exact) mass is 436 g/mol. The van der Waals surface area contributed by atoms with Gasteiger partial charge in [-0.1, -0.05) is 23.7 Å². The van der Waals surface area contributed by atoms with Gasteiger partial charge in [-0.15, -0.1) is 0 Å². The predicted molar refractivity (Wildman–Crippen MR) is 109 cm³/mol. The number of hydrogen-bond acceptors (Lipinski definition) is 5. The van der Waals surface area contributed by atoms with E-state index in [9.17, 15) is 13.6 Å². The molecule has 0 radical (unpaired) electrons. The zero-order valence-electron chi connectivity index (χ0n) is 16.9. The van der Waals surface area contributed by atoms with Gasteiger partial charge < -0.3 is 15.4 Å². The van der Waals surface area contributed by atoms with Gasteiger partial charge in [0.15, 0.2) is 0 Å². The number of nitrogens with zero attached hydrogens (tertiary/aromatic N) is 2. The second-order valence-electron chi connectivity index (χ2n) is 8.37. The van der Waals surface area contributed by atoms with Gasteiger partial charge in [0.25, 0.3) is 0 Å². The zero-order valence-corrected chi connectivity index (χ0v) is 17.6. The number of cyclic esters (lactones) is 1. The first-order chi connectivity index (χ1) is 14.1. The lowest BCUT2D eigenvalue weighted by Gasteiger charge is -2.19. The number of nitrogens with one attached hydrogen (secondary N) is 2. The van der Waals surface area contributed by atoms with Gasteiger partial charge in [0.1, 0.15) is 23.2 Å². The Labute approximate surface area is 178 Å². The minimum Gasteiger partial charge on any atom is -0.447 e. The molecule has 1 amide bonds. The molecule has 1 aliphatic carbocycles. The quantitative estimate of drug-likeness (QED) is 0.632. The van der Waals surface area contributed by atoms with Crippen LogP contribution in [0.5, 0.6) is 0 Å². The number of ether oxygens (including phenoxy) is 1. The molecule has 4 rings (SSSR count). The summed E-state index contributed by atoms with van der Waals surface area (Å²) < 4.78 is 33.6. The molecule has 2 aliphatic rings. The molecule has 1 saturated carbocycles. The molecule has 0 spiro atoms. The van der Waals surface area contributed by atoms with Gasteiger partial charge >= 0.3 is 6.09 Å². The number of rotatable bonds is 6. The number of halogens is 3. The van der Waals surface area contributed by atoms with E-state index in [0.717, 1.165) is 12.1 Å². The highest BCUT2D eigenvalue weighted by atomic mass is 35.5. The molecule has 3 unspecified atom stereocenters. The molecule has 2 aromatic rings. The molecule has 2 heterocycles. The fraction of sp³-hybridized carbons (Fsp3) is 0.476. The molecule has 2 fully saturated rings. The van der Waals surface area contributed by atoms with E-state index < -0.39 is 23.6 Å². The van der Waals surface area contributed by atoms with Crippen molar-refractivity contribution in [3.63, 3.8) is 0 Å². The molecule has 1 aromatic heterocycles. The Balaban J connectivity index is 1.48. The topological polar surface area (TPSA) is 76.1 Å². The van der Waals surface area contributed by atoms with Crippen LogP contribution in [0.3, 0.4) is 0 Å². The third-order valence-electron chi connectivity index (χ3n) is 5.65. The summed E-state index contributed by atoms with van der Waals surface area (Å²) >= 11 is 6.18. The molecular formula is C21H23ClF2N4O2. The van der Waals surface area contributed by atoms with Gasteiger partial charge in [0, 0.05) is 11.5 Å². The molecule has 1 saturated heterocycles. The van der Waals surface area contributed by atoms with Crippen LogP contribution < -0.4 is 10.6 Å². The molecular weight excluding hydrogens is 414 g/mol. The first kappa shape index (κ1) is 20.8. The fourth-order valence-electron chi connectivity index (χ4n) is 3.84. The first-order valence-electron chi connectivity index (χ1n) is 9.85. The van der Waals surface area contributed by atoms with Gasteiger partial charge in [-0.05, 0) is 50.8 Å². The Bertz CT molecular complexity index is 982. The molecule has 1 aliphatic heterocycles.